The minimum atomic E-state index is 0.0301. The van der Waals surface area contributed by atoms with Crippen molar-refractivity contribution in [3.05, 3.63) is 58.7 Å². The minimum Gasteiger partial charge on any atom is -0.493 e. The SMILES string of the molecule is COc1cc(C=C(C#N)C#N)ccc1OCCOc1ccc(C)c(C)c1. The van der Waals surface area contributed by atoms with E-state index in [-0.39, 0.29) is 5.57 Å². The van der Waals surface area contributed by atoms with Crippen LogP contribution < -0.4 is 14.2 Å². The average molecular weight is 348 g/mol. The van der Waals surface area contributed by atoms with Crippen LogP contribution in [0.5, 0.6) is 17.2 Å². The van der Waals surface area contributed by atoms with Crippen LogP contribution >= 0.6 is 0 Å². The summed E-state index contributed by atoms with van der Waals surface area (Å²) in [6, 6.07) is 14.8. The fourth-order valence-corrected chi connectivity index (χ4v) is 2.26. The normalized spacial score (nSPS) is 9.58. The molecule has 5 heteroatoms. The Morgan fingerprint density at radius 3 is 2.31 bits per heavy atom. The molecule has 0 bridgehead atoms. The number of nitriles is 2. The van der Waals surface area contributed by atoms with Gasteiger partial charge < -0.3 is 14.2 Å². The van der Waals surface area contributed by atoms with Crippen molar-refractivity contribution >= 4 is 6.08 Å². The van der Waals surface area contributed by atoms with Gasteiger partial charge in [0.15, 0.2) is 11.5 Å². The van der Waals surface area contributed by atoms with Crippen molar-refractivity contribution in [1.29, 1.82) is 10.5 Å². The fourth-order valence-electron chi connectivity index (χ4n) is 2.26. The molecule has 2 aromatic carbocycles. The quantitative estimate of drug-likeness (QED) is 0.554. The van der Waals surface area contributed by atoms with Crippen molar-refractivity contribution in [1.82, 2.24) is 0 Å². The number of methoxy groups -OCH3 is 1. The number of aryl methyl sites for hydroxylation is 2. The summed E-state index contributed by atoms with van der Waals surface area (Å²) in [4.78, 5) is 0. The van der Waals surface area contributed by atoms with E-state index in [0.717, 1.165) is 5.75 Å². The molecule has 0 aliphatic rings. The number of nitrogens with zero attached hydrogens (tertiary/aromatic N) is 2. The lowest BCUT2D eigenvalue weighted by atomic mass is 10.1. The maximum absolute atomic E-state index is 8.83. The third kappa shape index (κ3) is 5.03. The number of allylic oxidation sites excluding steroid dienone is 1. The van der Waals surface area contributed by atoms with Gasteiger partial charge in [-0.1, -0.05) is 12.1 Å². The van der Waals surface area contributed by atoms with Gasteiger partial charge >= 0.3 is 0 Å². The van der Waals surface area contributed by atoms with E-state index in [0.29, 0.717) is 30.3 Å². The Balaban J connectivity index is 1.97. The van der Waals surface area contributed by atoms with Crippen LogP contribution in [-0.4, -0.2) is 20.3 Å². The molecule has 0 saturated carbocycles. The maximum Gasteiger partial charge on any atom is 0.161 e. The second kappa shape index (κ2) is 9.15. The Labute approximate surface area is 153 Å². The lowest BCUT2D eigenvalue weighted by Gasteiger charge is -2.12. The van der Waals surface area contributed by atoms with Crippen molar-refractivity contribution < 1.29 is 14.2 Å². The smallest absolute Gasteiger partial charge is 0.161 e. The molecule has 0 aliphatic heterocycles. The van der Waals surface area contributed by atoms with Gasteiger partial charge in [-0.2, -0.15) is 10.5 Å². The van der Waals surface area contributed by atoms with Crippen LogP contribution in [0, 0.1) is 36.5 Å². The monoisotopic (exact) mass is 348 g/mol. The third-order valence-electron chi connectivity index (χ3n) is 3.83. The van der Waals surface area contributed by atoms with Crippen LogP contribution in [0.15, 0.2) is 42.0 Å². The molecule has 26 heavy (non-hydrogen) atoms. The van der Waals surface area contributed by atoms with Crippen LogP contribution in [0.4, 0.5) is 0 Å². The zero-order chi connectivity index (χ0) is 18.9. The molecular weight excluding hydrogens is 328 g/mol. The largest absolute Gasteiger partial charge is 0.493 e. The lowest BCUT2D eigenvalue weighted by Crippen LogP contribution is -2.09. The number of benzene rings is 2. The molecule has 0 radical (unpaired) electrons. The van der Waals surface area contributed by atoms with Crippen molar-refractivity contribution in [3.63, 3.8) is 0 Å². The van der Waals surface area contributed by atoms with E-state index >= 15 is 0 Å². The van der Waals surface area contributed by atoms with Crippen molar-refractivity contribution in [2.45, 2.75) is 13.8 Å². The summed E-state index contributed by atoms with van der Waals surface area (Å²) in [6.45, 7) is 4.87. The summed E-state index contributed by atoms with van der Waals surface area (Å²) in [6.07, 6.45) is 1.50. The average Bonchev–Trinajstić information content (AvgIpc) is 2.66. The van der Waals surface area contributed by atoms with Crippen molar-refractivity contribution in [2.24, 2.45) is 0 Å². The number of rotatable bonds is 7. The standard InChI is InChI=1S/C21H20N2O3/c1-15-4-6-19(10-16(15)2)25-8-9-26-20-7-5-17(12-21(20)24-3)11-18(13-22)14-23/h4-7,10-12H,8-9H2,1-3H3. The summed E-state index contributed by atoms with van der Waals surface area (Å²) in [7, 11) is 1.54. The van der Waals surface area contributed by atoms with Gasteiger partial charge in [0.2, 0.25) is 0 Å². The molecule has 0 saturated heterocycles. The number of hydrogen-bond donors (Lipinski definition) is 0. The zero-order valence-electron chi connectivity index (χ0n) is 15.1. The molecular formula is C21H20N2O3. The Hall–Kier alpha value is -3.44. The molecule has 0 heterocycles. The van der Waals surface area contributed by atoms with E-state index in [1.54, 1.807) is 18.2 Å². The first-order valence-electron chi connectivity index (χ1n) is 8.10. The molecule has 2 aromatic rings. The molecule has 0 aromatic heterocycles. The predicted molar refractivity (Wildman–Crippen MR) is 99.1 cm³/mol. The van der Waals surface area contributed by atoms with Gasteiger partial charge in [0.05, 0.1) is 7.11 Å². The van der Waals surface area contributed by atoms with E-state index in [1.165, 1.54) is 24.3 Å². The van der Waals surface area contributed by atoms with Gasteiger partial charge in [-0.3, -0.25) is 0 Å². The second-order valence-electron chi connectivity index (χ2n) is 5.63. The summed E-state index contributed by atoms with van der Waals surface area (Å²) in [5, 5.41) is 17.7. The highest BCUT2D eigenvalue weighted by atomic mass is 16.5. The summed E-state index contributed by atoms with van der Waals surface area (Å²) in [5.41, 5.74) is 3.13. The van der Waals surface area contributed by atoms with E-state index in [9.17, 15) is 0 Å². The lowest BCUT2D eigenvalue weighted by molar-refractivity contribution is 0.211. The van der Waals surface area contributed by atoms with Gasteiger partial charge in [-0.25, -0.2) is 0 Å². The molecule has 0 unspecified atom stereocenters. The Morgan fingerprint density at radius 2 is 1.65 bits per heavy atom. The van der Waals surface area contributed by atoms with Crippen molar-refractivity contribution in [2.75, 3.05) is 20.3 Å². The maximum atomic E-state index is 8.83. The summed E-state index contributed by atoms with van der Waals surface area (Å²) < 4.78 is 16.7. The molecule has 2 rings (SSSR count). The highest BCUT2D eigenvalue weighted by Gasteiger charge is 2.06. The molecule has 0 spiro atoms. The van der Waals surface area contributed by atoms with E-state index in [1.807, 2.05) is 37.3 Å². The van der Waals surface area contributed by atoms with Crippen LogP contribution in [0.2, 0.25) is 0 Å². The zero-order valence-corrected chi connectivity index (χ0v) is 15.1. The van der Waals surface area contributed by atoms with E-state index < -0.39 is 0 Å². The molecule has 5 nitrogen and oxygen atoms in total. The summed E-state index contributed by atoms with van der Waals surface area (Å²) >= 11 is 0. The highest BCUT2D eigenvalue weighted by Crippen LogP contribution is 2.29. The number of ether oxygens (including phenoxy) is 3. The topological polar surface area (TPSA) is 75.3 Å². The number of hydrogen-bond acceptors (Lipinski definition) is 5. The molecule has 0 N–H and O–H groups in total. The Kier molecular flexibility index (Phi) is 6.65. The minimum absolute atomic E-state index is 0.0301. The van der Waals surface area contributed by atoms with Gasteiger partial charge in [0.25, 0.3) is 0 Å². The first kappa shape index (κ1) is 18.9. The summed E-state index contributed by atoms with van der Waals surface area (Å²) in [5.74, 6) is 1.91. The predicted octanol–water partition coefficient (Wildman–Crippen LogP) is 4.20. The fraction of sp³-hybridized carbons (Fsp3) is 0.238. The highest BCUT2D eigenvalue weighted by molar-refractivity contribution is 5.64. The first-order valence-corrected chi connectivity index (χ1v) is 8.10. The van der Waals surface area contributed by atoms with Crippen LogP contribution in [0.1, 0.15) is 16.7 Å². The van der Waals surface area contributed by atoms with Gasteiger partial charge in [-0.05, 0) is 60.9 Å². The second-order valence-corrected chi connectivity index (χ2v) is 5.63. The first-order chi connectivity index (χ1) is 12.6. The van der Waals surface area contributed by atoms with Gasteiger partial charge in [0.1, 0.15) is 36.7 Å². The van der Waals surface area contributed by atoms with Crippen LogP contribution in [-0.2, 0) is 0 Å². The third-order valence-corrected chi connectivity index (χ3v) is 3.83. The van der Waals surface area contributed by atoms with Crippen LogP contribution in [0.3, 0.4) is 0 Å². The van der Waals surface area contributed by atoms with Crippen LogP contribution in [0.25, 0.3) is 6.08 Å². The van der Waals surface area contributed by atoms with Gasteiger partial charge in [0, 0.05) is 0 Å². The van der Waals surface area contributed by atoms with E-state index in [2.05, 4.69) is 6.92 Å². The molecule has 0 fully saturated rings. The molecule has 0 amide bonds. The Morgan fingerprint density at radius 1 is 0.923 bits per heavy atom. The van der Waals surface area contributed by atoms with Gasteiger partial charge in [-0.15, -0.1) is 0 Å². The van der Waals surface area contributed by atoms with E-state index in [4.69, 9.17) is 24.7 Å². The molecule has 0 aliphatic carbocycles. The van der Waals surface area contributed by atoms with Crippen molar-refractivity contribution in [3.8, 4) is 29.4 Å². The Bertz CT molecular complexity index is 873. The molecule has 132 valence electrons. The molecule has 0 atom stereocenters.